The first kappa shape index (κ1) is 14.5. The summed E-state index contributed by atoms with van der Waals surface area (Å²) in [5.74, 6) is 1.21. The summed E-state index contributed by atoms with van der Waals surface area (Å²) in [6.45, 7) is 2.18. The predicted molar refractivity (Wildman–Crippen MR) is 77.6 cm³/mol. The maximum Gasteiger partial charge on any atom is 0.138 e. The van der Waals surface area contributed by atoms with Gasteiger partial charge in [0.2, 0.25) is 0 Å². The molecule has 0 saturated heterocycles. The number of benzene rings is 1. The highest BCUT2D eigenvalue weighted by molar-refractivity contribution is 6.35. The molecule has 1 aliphatic rings. The van der Waals surface area contributed by atoms with E-state index in [4.69, 9.17) is 27.9 Å². The van der Waals surface area contributed by atoms with Gasteiger partial charge in [0.05, 0.1) is 17.0 Å². The minimum absolute atomic E-state index is 0.0467. The highest BCUT2D eigenvalue weighted by Crippen LogP contribution is 2.36. The zero-order valence-corrected chi connectivity index (χ0v) is 12.4. The van der Waals surface area contributed by atoms with Crippen LogP contribution >= 0.6 is 23.2 Å². The number of nitrogens with zero attached hydrogens (tertiary/aromatic N) is 1. The lowest BCUT2D eigenvalue weighted by molar-refractivity contribution is 0.0894. The Morgan fingerprint density at radius 3 is 2.79 bits per heavy atom. The second-order valence-electron chi connectivity index (χ2n) is 5.05. The molecule has 1 fully saturated rings. The molecule has 1 aliphatic carbocycles. The van der Waals surface area contributed by atoms with Crippen LogP contribution < -0.4 is 4.74 Å². The number of hydrogen-bond donors (Lipinski definition) is 0. The number of ether oxygens (including phenoxy) is 1. The molecule has 3 unspecified atom stereocenters. The van der Waals surface area contributed by atoms with Gasteiger partial charge in [0.1, 0.15) is 11.9 Å². The molecule has 3 atom stereocenters. The van der Waals surface area contributed by atoms with Crippen LogP contribution in [-0.2, 0) is 0 Å². The Balaban J connectivity index is 2.12. The second-order valence-corrected chi connectivity index (χ2v) is 5.90. The molecular weight excluding hydrogens is 281 g/mol. The largest absolute Gasteiger partial charge is 0.487 e. The van der Waals surface area contributed by atoms with Crippen molar-refractivity contribution in [2.24, 2.45) is 11.8 Å². The first-order valence-electron chi connectivity index (χ1n) is 6.65. The summed E-state index contributed by atoms with van der Waals surface area (Å²) >= 11 is 12.0. The Kier molecular flexibility index (Phi) is 4.96. The fourth-order valence-electron chi connectivity index (χ4n) is 2.59. The maximum atomic E-state index is 9.23. The third-order valence-corrected chi connectivity index (χ3v) is 4.35. The Morgan fingerprint density at radius 1 is 1.37 bits per heavy atom. The van der Waals surface area contributed by atoms with Crippen LogP contribution in [-0.4, -0.2) is 6.10 Å². The number of hydrogen-bond acceptors (Lipinski definition) is 2. The minimum Gasteiger partial charge on any atom is -0.487 e. The van der Waals surface area contributed by atoms with E-state index in [0.717, 1.165) is 25.7 Å². The summed E-state index contributed by atoms with van der Waals surface area (Å²) < 4.78 is 5.96. The smallest absolute Gasteiger partial charge is 0.138 e. The monoisotopic (exact) mass is 297 g/mol. The van der Waals surface area contributed by atoms with E-state index < -0.39 is 0 Å². The molecule has 4 heteroatoms. The van der Waals surface area contributed by atoms with Crippen LogP contribution in [0.15, 0.2) is 18.2 Å². The van der Waals surface area contributed by atoms with Crippen molar-refractivity contribution < 1.29 is 4.74 Å². The van der Waals surface area contributed by atoms with Gasteiger partial charge in [-0.2, -0.15) is 5.26 Å². The van der Waals surface area contributed by atoms with Crippen LogP contribution in [0.5, 0.6) is 5.75 Å². The molecule has 1 saturated carbocycles. The summed E-state index contributed by atoms with van der Waals surface area (Å²) in [6.07, 6.45) is 4.01. The summed E-state index contributed by atoms with van der Waals surface area (Å²) in [7, 11) is 0. The molecule has 0 bridgehead atoms. The average Bonchev–Trinajstić information content (AvgIpc) is 2.41. The molecule has 1 aromatic rings. The van der Waals surface area contributed by atoms with Gasteiger partial charge in [0.15, 0.2) is 0 Å². The van der Waals surface area contributed by atoms with Crippen LogP contribution in [0.4, 0.5) is 0 Å². The minimum atomic E-state index is -0.0672. The van der Waals surface area contributed by atoms with Crippen LogP contribution in [0.1, 0.15) is 32.6 Å². The standard InChI is InChI=1S/C15H17Cl2NO/c1-2-10-3-4-11(9-18)15(7-10)19-14-6-5-12(16)8-13(14)17/h5-6,8,10-11,15H,2-4,7H2,1H3. The molecule has 0 radical (unpaired) electrons. The van der Waals surface area contributed by atoms with Crippen LogP contribution in [0, 0.1) is 23.2 Å². The van der Waals surface area contributed by atoms with E-state index in [1.54, 1.807) is 18.2 Å². The predicted octanol–water partition coefficient (Wildman–Crippen LogP) is 5.09. The number of nitriles is 1. The maximum absolute atomic E-state index is 9.23. The van der Waals surface area contributed by atoms with Gasteiger partial charge >= 0.3 is 0 Å². The van der Waals surface area contributed by atoms with E-state index >= 15 is 0 Å². The zero-order valence-electron chi connectivity index (χ0n) is 10.9. The molecule has 1 aromatic carbocycles. The van der Waals surface area contributed by atoms with Gasteiger partial charge in [-0.05, 0) is 43.4 Å². The summed E-state index contributed by atoms with van der Waals surface area (Å²) in [4.78, 5) is 0. The van der Waals surface area contributed by atoms with Gasteiger partial charge in [-0.3, -0.25) is 0 Å². The summed E-state index contributed by atoms with van der Waals surface area (Å²) in [6, 6.07) is 7.55. The number of rotatable bonds is 3. The molecular formula is C15H17Cl2NO. The van der Waals surface area contributed by atoms with E-state index in [0.29, 0.717) is 21.7 Å². The van der Waals surface area contributed by atoms with Crippen molar-refractivity contribution in [1.29, 1.82) is 5.26 Å². The van der Waals surface area contributed by atoms with Crippen molar-refractivity contribution in [2.75, 3.05) is 0 Å². The molecule has 0 heterocycles. The highest BCUT2D eigenvalue weighted by atomic mass is 35.5. The molecule has 102 valence electrons. The van der Waals surface area contributed by atoms with E-state index in [1.807, 2.05) is 0 Å². The van der Waals surface area contributed by atoms with Gasteiger partial charge in [-0.25, -0.2) is 0 Å². The van der Waals surface area contributed by atoms with E-state index in [2.05, 4.69) is 13.0 Å². The van der Waals surface area contributed by atoms with E-state index in [-0.39, 0.29) is 12.0 Å². The van der Waals surface area contributed by atoms with Crippen molar-refractivity contribution in [2.45, 2.75) is 38.7 Å². The Morgan fingerprint density at radius 2 is 2.16 bits per heavy atom. The van der Waals surface area contributed by atoms with Crippen LogP contribution in [0.3, 0.4) is 0 Å². The zero-order chi connectivity index (χ0) is 13.8. The molecule has 0 spiro atoms. The fraction of sp³-hybridized carbons (Fsp3) is 0.533. The Hall–Kier alpha value is -0.910. The summed E-state index contributed by atoms with van der Waals surface area (Å²) in [5, 5.41) is 10.3. The number of halogens is 2. The van der Waals surface area contributed by atoms with Crippen molar-refractivity contribution in [3.05, 3.63) is 28.2 Å². The lowest BCUT2D eigenvalue weighted by atomic mass is 9.79. The fourth-order valence-corrected chi connectivity index (χ4v) is 3.05. The van der Waals surface area contributed by atoms with Gasteiger partial charge in [-0.15, -0.1) is 0 Å². The summed E-state index contributed by atoms with van der Waals surface area (Å²) in [5.41, 5.74) is 0. The van der Waals surface area contributed by atoms with Gasteiger partial charge < -0.3 is 4.74 Å². The third-order valence-electron chi connectivity index (χ3n) is 3.82. The van der Waals surface area contributed by atoms with Crippen molar-refractivity contribution in [3.8, 4) is 11.8 Å². The van der Waals surface area contributed by atoms with Gasteiger partial charge in [0, 0.05) is 5.02 Å². The second kappa shape index (κ2) is 6.50. The van der Waals surface area contributed by atoms with Crippen molar-refractivity contribution in [3.63, 3.8) is 0 Å². The first-order valence-corrected chi connectivity index (χ1v) is 7.41. The molecule has 19 heavy (non-hydrogen) atoms. The third kappa shape index (κ3) is 3.55. The van der Waals surface area contributed by atoms with Crippen molar-refractivity contribution >= 4 is 23.2 Å². The molecule has 0 aliphatic heterocycles. The molecule has 2 nitrogen and oxygen atoms in total. The molecule has 0 aromatic heterocycles. The van der Waals surface area contributed by atoms with Gasteiger partial charge in [0.25, 0.3) is 0 Å². The van der Waals surface area contributed by atoms with Crippen LogP contribution in [0.2, 0.25) is 10.0 Å². The van der Waals surface area contributed by atoms with Crippen molar-refractivity contribution in [1.82, 2.24) is 0 Å². The lowest BCUT2D eigenvalue weighted by Crippen LogP contribution is -2.33. The van der Waals surface area contributed by atoms with E-state index in [1.165, 1.54) is 0 Å². The quantitative estimate of drug-likeness (QED) is 0.778. The highest BCUT2D eigenvalue weighted by Gasteiger charge is 2.31. The molecule has 0 amide bonds. The molecule has 2 rings (SSSR count). The topological polar surface area (TPSA) is 33.0 Å². The normalized spacial score (nSPS) is 26.7. The van der Waals surface area contributed by atoms with E-state index in [9.17, 15) is 5.26 Å². The SMILES string of the molecule is CCC1CCC(C#N)C(Oc2ccc(Cl)cc2Cl)C1. The van der Waals surface area contributed by atoms with Gasteiger partial charge in [-0.1, -0.05) is 36.5 Å². The molecule has 0 N–H and O–H groups in total. The van der Waals surface area contributed by atoms with Crippen LogP contribution in [0.25, 0.3) is 0 Å². The lowest BCUT2D eigenvalue weighted by Gasteiger charge is -2.32. The Bertz CT molecular complexity index is 484. The average molecular weight is 298 g/mol. The first-order chi connectivity index (χ1) is 9.13. The Labute approximate surface area is 124 Å².